The third kappa shape index (κ3) is 6.64. The lowest BCUT2D eigenvalue weighted by molar-refractivity contribution is -0.116. The molecule has 2 aromatic rings. The van der Waals surface area contributed by atoms with E-state index < -0.39 is 11.4 Å². The van der Waals surface area contributed by atoms with Crippen LogP contribution in [0.2, 0.25) is 0 Å². The van der Waals surface area contributed by atoms with E-state index in [1.807, 2.05) is 0 Å². The molecule has 0 aliphatic carbocycles. The van der Waals surface area contributed by atoms with Crippen LogP contribution in [-0.4, -0.2) is 17.3 Å². The molecule has 2 rings (SSSR count). The summed E-state index contributed by atoms with van der Waals surface area (Å²) in [5.41, 5.74) is 2.53. The summed E-state index contributed by atoms with van der Waals surface area (Å²) in [6, 6.07) is 12.2. The zero-order valence-electron chi connectivity index (χ0n) is 13.4. The first kappa shape index (κ1) is 19.6. The highest BCUT2D eigenvalue weighted by Crippen LogP contribution is 2.36. The highest BCUT2D eigenvalue weighted by molar-refractivity contribution is 8.00. The highest BCUT2D eigenvalue weighted by Gasteiger charge is 2.28. The molecule has 0 atom stereocenters. The van der Waals surface area contributed by atoms with Crippen molar-refractivity contribution >= 4 is 29.7 Å². The van der Waals surface area contributed by atoms with Gasteiger partial charge in [-0.1, -0.05) is 24.3 Å². The van der Waals surface area contributed by atoms with Gasteiger partial charge < -0.3 is 11.1 Å². The first-order chi connectivity index (χ1) is 12.2. The number of thioether (sulfide) groups is 1. The quantitative estimate of drug-likeness (QED) is 0.593. The van der Waals surface area contributed by atoms with Crippen LogP contribution < -0.4 is 11.1 Å². The Balaban J connectivity index is 1.89. The van der Waals surface area contributed by atoms with E-state index in [1.54, 1.807) is 24.3 Å². The van der Waals surface area contributed by atoms with Crippen molar-refractivity contribution in [3.8, 4) is 0 Å². The van der Waals surface area contributed by atoms with Crippen molar-refractivity contribution < 1.29 is 22.8 Å². The number of halogens is 3. The number of nitrogens with one attached hydrogen (secondary N) is 1. The number of carbonyl (C=O) groups excluding carboxylic acids is 2. The van der Waals surface area contributed by atoms with Crippen molar-refractivity contribution in [1.29, 1.82) is 0 Å². The Bertz CT molecular complexity index is 818. The number of amides is 2. The standard InChI is InChI=1S/C18H15F3N2O2S/c19-18(20,21)26-15-7-4-12(5-8-15)6-9-16(24)23-11-13-2-1-3-14(10-13)17(22)25/h1-10H,11H2,(H2,22,25)(H,23,24)/b9-6+. The van der Waals surface area contributed by atoms with E-state index in [-0.39, 0.29) is 29.1 Å². The van der Waals surface area contributed by atoms with Gasteiger partial charge in [0.15, 0.2) is 0 Å². The predicted molar refractivity (Wildman–Crippen MR) is 94.2 cm³/mol. The first-order valence-electron chi connectivity index (χ1n) is 7.43. The van der Waals surface area contributed by atoms with E-state index in [1.165, 1.54) is 36.4 Å². The first-order valence-corrected chi connectivity index (χ1v) is 8.25. The topological polar surface area (TPSA) is 72.2 Å². The molecule has 0 saturated carbocycles. The summed E-state index contributed by atoms with van der Waals surface area (Å²) < 4.78 is 36.8. The van der Waals surface area contributed by atoms with Gasteiger partial charge in [-0.3, -0.25) is 9.59 Å². The molecule has 4 nitrogen and oxygen atoms in total. The second-order valence-corrected chi connectivity index (χ2v) is 6.37. The van der Waals surface area contributed by atoms with Crippen LogP contribution in [0.1, 0.15) is 21.5 Å². The van der Waals surface area contributed by atoms with Gasteiger partial charge in [-0.2, -0.15) is 13.2 Å². The lowest BCUT2D eigenvalue weighted by Crippen LogP contribution is -2.20. The second kappa shape index (κ2) is 8.57. The Morgan fingerprint density at radius 2 is 1.81 bits per heavy atom. The van der Waals surface area contributed by atoms with Crippen LogP contribution in [0.15, 0.2) is 59.5 Å². The van der Waals surface area contributed by atoms with Crippen molar-refractivity contribution in [2.24, 2.45) is 5.73 Å². The summed E-state index contributed by atoms with van der Waals surface area (Å²) in [4.78, 5) is 23.0. The van der Waals surface area contributed by atoms with Gasteiger partial charge in [0, 0.05) is 23.1 Å². The Labute approximate surface area is 152 Å². The van der Waals surface area contributed by atoms with E-state index in [2.05, 4.69) is 5.32 Å². The van der Waals surface area contributed by atoms with Gasteiger partial charge in [0.25, 0.3) is 0 Å². The molecule has 26 heavy (non-hydrogen) atoms. The van der Waals surface area contributed by atoms with E-state index in [4.69, 9.17) is 5.73 Å². The van der Waals surface area contributed by atoms with Crippen molar-refractivity contribution in [3.05, 3.63) is 71.3 Å². The number of nitrogens with two attached hydrogens (primary N) is 1. The van der Waals surface area contributed by atoms with Gasteiger partial charge in [0.2, 0.25) is 11.8 Å². The molecule has 0 aliphatic heterocycles. The molecule has 0 bridgehead atoms. The number of carbonyl (C=O) groups is 2. The number of primary amides is 1. The van der Waals surface area contributed by atoms with Gasteiger partial charge in [-0.15, -0.1) is 0 Å². The Kier molecular flexibility index (Phi) is 6.46. The molecule has 0 saturated heterocycles. The minimum Gasteiger partial charge on any atom is -0.366 e. The van der Waals surface area contributed by atoms with Gasteiger partial charge in [-0.25, -0.2) is 0 Å². The second-order valence-electron chi connectivity index (χ2n) is 5.23. The fourth-order valence-corrected chi connectivity index (χ4v) is 2.57. The molecule has 0 spiro atoms. The normalized spacial score (nSPS) is 11.5. The van der Waals surface area contributed by atoms with Crippen molar-refractivity contribution in [3.63, 3.8) is 0 Å². The number of rotatable bonds is 6. The van der Waals surface area contributed by atoms with Gasteiger partial charge in [0.1, 0.15) is 0 Å². The summed E-state index contributed by atoms with van der Waals surface area (Å²) in [6.45, 7) is 0.214. The maximum absolute atomic E-state index is 12.3. The molecule has 0 aromatic heterocycles. The van der Waals surface area contributed by atoms with Gasteiger partial charge in [-0.05, 0) is 53.2 Å². The molecule has 136 valence electrons. The minimum atomic E-state index is -4.33. The van der Waals surface area contributed by atoms with E-state index >= 15 is 0 Å². The summed E-state index contributed by atoms with van der Waals surface area (Å²) in [6.07, 6.45) is 2.78. The van der Waals surface area contributed by atoms with Gasteiger partial charge in [0.05, 0.1) is 0 Å². The zero-order valence-corrected chi connectivity index (χ0v) is 14.2. The number of benzene rings is 2. The summed E-state index contributed by atoms with van der Waals surface area (Å²) in [5.74, 6) is -0.923. The minimum absolute atomic E-state index is 0.0773. The molecule has 3 N–H and O–H groups in total. The number of hydrogen-bond donors (Lipinski definition) is 2. The molecule has 2 amide bonds. The van der Waals surface area contributed by atoms with Crippen LogP contribution in [0.5, 0.6) is 0 Å². The van der Waals surface area contributed by atoms with Crippen LogP contribution in [-0.2, 0) is 11.3 Å². The van der Waals surface area contributed by atoms with E-state index in [0.29, 0.717) is 11.1 Å². The lowest BCUT2D eigenvalue weighted by Gasteiger charge is -2.05. The third-order valence-corrected chi connectivity index (χ3v) is 3.96. The molecule has 0 radical (unpaired) electrons. The number of alkyl halides is 3. The highest BCUT2D eigenvalue weighted by atomic mass is 32.2. The smallest absolute Gasteiger partial charge is 0.366 e. The predicted octanol–water partition coefficient (Wildman–Crippen LogP) is 3.73. The number of hydrogen-bond acceptors (Lipinski definition) is 3. The molecule has 0 aliphatic rings. The van der Waals surface area contributed by atoms with Crippen molar-refractivity contribution in [2.75, 3.05) is 0 Å². The van der Waals surface area contributed by atoms with Crippen molar-refractivity contribution in [1.82, 2.24) is 5.32 Å². The summed E-state index contributed by atoms with van der Waals surface area (Å²) >= 11 is -0.194. The molecule has 0 fully saturated rings. The third-order valence-electron chi connectivity index (χ3n) is 3.22. The van der Waals surface area contributed by atoms with Crippen LogP contribution in [0, 0.1) is 0 Å². The molecule has 0 unspecified atom stereocenters. The fourth-order valence-electron chi connectivity index (χ4n) is 2.04. The summed E-state index contributed by atoms with van der Waals surface area (Å²) in [7, 11) is 0. The Morgan fingerprint density at radius 1 is 1.12 bits per heavy atom. The Morgan fingerprint density at radius 3 is 2.42 bits per heavy atom. The maximum atomic E-state index is 12.3. The molecular weight excluding hydrogens is 365 g/mol. The molecular formula is C18H15F3N2O2S. The van der Waals surface area contributed by atoms with Gasteiger partial charge >= 0.3 is 5.51 Å². The van der Waals surface area contributed by atoms with E-state index in [0.717, 1.165) is 5.56 Å². The lowest BCUT2D eigenvalue weighted by atomic mass is 10.1. The van der Waals surface area contributed by atoms with Crippen molar-refractivity contribution in [2.45, 2.75) is 16.9 Å². The van der Waals surface area contributed by atoms with Crippen LogP contribution in [0.3, 0.4) is 0 Å². The molecule has 8 heteroatoms. The average Bonchev–Trinajstić information content (AvgIpc) is 2.58. The van der Waals surface area contributed by atoms with E-state index in [9.17, 15) is 22.8 Å². The Hall–Kier alpha value is -2.74. The average molecular weight is 380 g/mol. The summed E-state index contributed by atoms with van der Waals surface area (Å²) in [5, 5.41) is 2.65. The monoisotopic (exact) mass is 380 g/mol. The largest absolute Gasteiger partial charge is 0.446 e. The zero-order chi connectivity index (χ0) is 19.2. The molecule has 0 heterocycles. The SMILES string of the molecule is NC(=O)c1cccc(CNC(=O)/C=C/c2ccc(SC(F)(F)F)cc2)c1. The maximum Gasteiger partial charge on any atom is 0.446 e. The van der Waals surface area contributed by atoms with Crippen LogP contribution in [0.25, 0.3) is 6.08 Å². The van der Waals surface area contributed by atoms with Crippen LogP contribution in [0.4, 0.5) is 13.2 Å². The fraction of sp³-hybridized carbons (Fsp3) is 0.111. The van der Waals surface area contributed by atoms with Crippen LogP contribution >= 0.6 is 11.8 Å². The molecule has 2 aromatic carbocycles.